The Morgan fingerprint density at radius 3 is 2.68 bits per heavy atom. The van der Waals surface area contributed by atoms with Crippen molar-refractivity contribution < 1.29 is 4.74 Å². The highest BCUT2D eigenvalue weighted by Gasteiger charge is 2.04. The zero-order valence-corrected chi connectivity index (χ0v) is 12.4. The fourth-order valence-corrected chi connectivity index (χ4v) is 2.58. The van der Waals surface area contributed by atoms with Crippen molar-refractivity contribution in [2.45, 2.75) is 19.8 Å². The van der Waals surface area contributed by atoms with Gasteiger partial charge in [-0.1, -0.05) is 31.3 Å². The maximum Gasteiger partial charge on any atom is 0.123 e. The van der Waals surface area contributed by atoms with E-state index in [9.17, 15) is 0 Å². The normalized spacial score (nSPS) is 10.4. The minimum absolute atomic E-state index is 0.346. The molecule has 5 heteroatoms. The first-order chi connectivity index (χ1) is 9.19. The summed E-state index contributed by atoms with van der Waals surface area (Å²) in [6.45, 7) is 2.74. The van der Waals surface area contributed by atoms with Crippen LogP contribution in [0.15, 0.2) is 29.6 Å². The predicted octanol–water partition coefficient (Wildman–Crippen LogP) is 2.96. The van der Waals surface area contributed by atoms with E-state index in [4.69, 9.17) is 22.7 Å². The summed E-state index contributed by atoms with van der Waals surface area (Å²) in [5, 5.41) is 2.88. The van der Waals surface area contributed by atoms with Crippen molar-refractivity contribution in [1.82, 2.24) is 4.98 Å². The number of benzene rings is 1. The van der Waals surface area contributed by atoms with Crippen LogP contribution in [0.5, 0.6) is 5.75 Å². The largest absolute Gasteiger partial charge is 0.493 e. The van der Waals surface area contributed by atoms with E-state index in [1.807, 2.05) is 17.5 Å². The van der Waals surface area contributed by atoms with E-state index < -0.39 is 0 Å². The molecular weight excluding hydrogens is 276 g/mol. The molecule has 2 rings (SSSR count). The molecule has 2 N–H and O–H groups in total. The fourth-order valence-electron chi connectivity index (χ4n) is 1.62. The Bertz CT molecular complexity index is 549. The Kier molecular flexibility index (Phi) is 4.87. The number of nitrogens with zero attached hydrogens (tertiary/aromatic N) is 1. The summed E-state index contributed by atoms with van der Waals surface area (Å²) in [7, 11) is 0. The lowest BCUT2D eigenvalue weighted by atomic mass is 10.2. The zero-order valence-electron chi connectivity index (χ0n) is 10.8. The number of nitrogens with two attached hydrogens (primary N) is 1. The van der Waals surface area contributed by atoms with E-state index in [1.165, 1.54) is 5.56 Å². The number of aromatic nitrogens is 1. The highest BCUT2D eigenvalue weighted by Crippen LogP contribution is 2.14. The van der Waals surface area contributed by atoms with E-state index in [-0.39, 0.29) is 0 Å². The topological polar surface area (TPSA) is 48.1 Å². The van der Waals surface area contributed by atoms with E-state index >= 15 is 0 Å². The first kappa shape index (κ1) is 14.0. The minimum atomic E-state index is 0.346. The van der Waals surface area contributed by atoms with Crippen molar-refractivity contribution in [2.75, 3.05) is 6.61 Å². The maximum atomic E-state index is 5.68. The number of thiazole rings is 1. The van der Waals surface area contributed by atoms with Gasteiger partial charge < -0.3 is 10.5 Å². The monoisotopic (exact) mass is 292 g/mol. The summed E-state index contributed by atoms with van der Waals surface area (Å²) >= 11 is 6.44. The van der Waals surface area contributed by atoms with Crippen LogP contribution >= 0.6 is 23.6 Å². The van der Waals surface area contributed by atoms with Gasteiger partial charge in [0.25, 0.3) is 0 Å². The van der Waals surface area contributed by atoms with Crippen LogP contribution in [0.1, 0.15) is 23.2 Å². The molecule has 0 unspecified atom stereocenters. The fraction of sp³-hybridized carbons (Fsp3) is 0.286. The van der Waals surface area contributed by atoms with Crippen LogP contribution in [0.25, 0.3) is 0 Å². The lowest BCUT2D eigenvalue weighted by Gasteiger charge is -2.05. The first-order valence-electron chi connectivity index (χ1n) is 6.15. The maximum absolute atomic E-state index is 5.68. The quantitative estimate of drug-likeness (QED) is 0.832. The van der Waals surface area contributed by atoms with Crippen LogP contribution < -0.4 is 10.5 Å². The van der Waals surface area contributed by atoms with Gasteiger partial charge in [0.2, 0.25) is 0 Å². The van der Waals surface area contributed by atoms with Gasteiger partial charge in [0, 0.05) is 11.8 Å². The molecule has 0 aliphatic heterocycles. The van der Waals surface area contributed by atoms with Crippen molar-refractivity contribution in [3.8, 4) is 5.75 Å². The van der Waals surface area contributed by atoms with Gasteiger partial charge >= 0.3 is 0 Å². The molecule has 0 saturated heterocycles. The van der Waals surface area contributed by atoms with Crippen LogP contribution in [0.4, 0.5) is 0 Å². The molecule has 19 heavy (non-hydrogen) atoms. The molecule has 1 aromatic carbocycles. The molecule has 0 atom stereocenters. The molecule has 0 amide bonds. The average Bonchev–Trinajstić information content (AvgIpc) is 2.89. The molecule has 0 aliphatic carbocycles. The van der Waals surface area contributed by atoms with Crippen molar-refractivity contribution in [2.24, 2.45) is 5.73 Å². The van der Waals surface area contributed by atoms with E-state index in [1.54, 1.807) is 11.3 Å². The Morgan fingerprint density at radius 2 is 2.11 bits per heavy atom. The summed E-state index contributed by atoms with van der Waals surface area (Å²) in [6.07, 6.45) is 1.81. The number of ether oxygens (including phenoxy) is 1. The molecular formula is C14H16N2OS2. The molecule has 0 aliphatic rings. The molecule has 3 nitrogen and oxygen atoms in total. The van der Waals surface area contributed by atoms with Crippen LogP contribution in [-0.2, 0) is 12.8 Å². The highest BCUT2D eigenvalue weighted by molar-refractivity contribution is 7.80. The van der Waals surface area contributed by atoms with Crippen LogP contribution in [0.2, 0.25) is 0 Å². The third kappa shape index (κ3) is 4.01. The number of rotatable bonds is 6. The van der Waals surface area contributed by atoms with Crippen molar-refractivity contribution >= 4 is 28.5 Å². The summed E-state index contributed by atoms with van der Waals surface area (Å²) in [4.78, 5) is 4.69. The second kappa shape index (κ2) is 6.63. The molecule has 0 radical (unpaired) electrons. The number of aryl methyl sites for hydroxylation is 1. The van der Waals surface area contributed by atoms with Gasteiger partial charge in [-0.15, -0.1) is 11.3 Å². The molecule has 0 bridgehead atoms. The lowest BCUT2D eigenvalue weighted by Crippen LogP contribution is -2.10. The number of hydrogen-bond acceptors (Lipinski definition) is 4. The Balaban J connectivity index is 1.83. The Hall–Kier alpha value is -1.46. The summed E-state index contributed by atoms with van der Waals surface area (Å²) in [5.74, 6) is 0.892. The van der Waals surface area contributed by atoms with Gasteiger partial charge in [0.05, 0.1) is 11.6 Å². The summed E-state index contributed by atoms with van der Waals surface area (Å²) in [6, 6.07) is 8.18. The molecule has 2 aromatic rings. The van der Waals surface area contributed by atoms with Gasteiger partial charge in [0.1, 0.15) is 16.4 Å². The van der Waals surface area contributed by atoms with Gasteiger partial charge in [-0.05, 0) is 24.1 Å². The van der Waals surface area contributed by atoms with Gasteiger partial charge in [-0.3, -0.25) is 0 Å². The Morgan fingerprint density at radius 1 is 1.37 bits per heavy atom. The smallest absolute Gasteiger partial charge is 0.123 e. The third-order valence-corrected chi connectivity index (χ3v) is 3.84. The number of hydrogen-bond donors (Lipinski definition) is 1. The van der Waals surface area contributed by atoms with Gasteiger partial charge in [-0.2, -0.15) is 0 Å². The van der Waals surface area contributed by atoms with Crippen molar-refractivity contribution in [1.29, 1.82) is 0 Å². The van der Waals surface area contributed by atoms with E-state index in [2.05, 4.69) is 24.0 Å². The van der Waals surface area contributed by atoms with E-state index in [0.717, 1.165) is 23.6 Å². The molecule has 0 fully saturated rings. The van der Waals surface area contributed by atoms with Crippen LogP contribution in [0, 0.1) is 0 Å². The zero-order chi connectivity index (χ0) is 13.7. The minimum Gasteiger partial charge on any atom is -0.493 e. The van der Waals surface area contributed by atoms with Gasteiger partial charge in [-0.25, -0.2) is 4.98 Å². The SMILES string of the molecule is CCc1ccc(OCCc2nc(C(N)=S)cs2)cc1. The van der Waals surface area contributed by atoms with Gasteiger partial charge in [0.15, 0.2) is 0 Å². The first-order valence-corrected chi connectivity index (χ1v) is 7.43. The predicted molar refractivity (Wildman–Crippen MR) is 83.0 cm³/mol. The number of thiocarbonyl (C=S) groups is 1. The summed E-state index contributed by atoms with van der Waals surface area (Å²) in [5.41, 5.74) is 7.53. The molecule has 1 aromatic heterocycles. The van der Waals surface area contributed by atoms with Crippen LogP contribution in [0.3, 0.4) is 0 Å². The third-order valence-electron chi connectivity index (χ3n) is 2.72. The lowest BCUT2D eigenvalue weighted by molar-refractivity contribution is 0.321. The average molecular weight is 292 g/mol. The second-order valence-electron chi connectivity index (χ2n) is 4.09. The molecule has 0 saturated carbocycles. The van der Waals surface area contributed by atoms with Crippen molar-refractivity contribution in [3.05, 3.63) is 45.9 Å². The molecule has 100 valence electrons. The highest BCUT2D eigenvalue weighted by atomic mass is 32.1. The standard InChI is InChI=1S/C14H16N2OS2/c1-2-10-3-5-11(6-4-10)17-8-7-13-16-12(9-19-13)14(15)18/h3-6,9H,2,7-8H2,1H3,(H2,15,18). The van der Waals surface area contributed by atoms with Crippen LogP contribution in [-0.4, -0.2) is 16.6 Å². The summed E-state index contributed by atoms with van der Waals surface area (Å²) < 4.78 is 5.68. The van der Waals surface area contributed by atoms with E-state index in [0.29, 0.717) is 17.3 Å². The second-order valence-corrected chi connectivity index (χ2v) is 5.47. The molecule has 1 heterocycles. The Labute approximate surface area is 122 Å². The van der Waals surface area contributed by atoms with Crippen molar-refractivity contribution in [3.63, 3.8) is 0 Å². The molecule has 0 spiro atoms.